The number of fused-ring (bicyclic) bond motifs is 2. The second-order valence-electron chi connectivity index (χ2n) is 13.5. The van der Waals surface area contributed by atoms with E-state index >= 15 is 0 Å². The van der Waals surface area contributed by atoms with Gasteiger partial charge >= 0.3 is 5.97 Å². The number of halogens is 2. The number of carbonyl (C=O) groups is 3. The topological polar surface area (TPSA) is 126 Å². The molecule has 13 heteroatoms. The normalized spacial score (nSPS) is 17.0. The summed E-state index contributed by atoms with van der Waals surface area (Å²) < 4.78 is 35.9. The van der Waals surface area contributed by atoms with Crippen LogP contribution < -0.4 is 10.6 Å². The Morgan fingerprint density at radius 1 is 1.02 bits per heavy atom. The number of aromatic nitrogens is 2. The van der Waals surface area contributed by atoms with Crippen LogP contribution in [0.5, 0.6) is 0 Å². The highest BCUT2D eigenvalue weighted by molar-refractivity contribution is 6.10. The fourth-order valence-electron chi connectivity index (χ4n) is 7.55. The predicted octanol–water partition coefficient (Wildman–Crippen LogP) is 5.88. The Hall–Kier alpha value is -4.29. The first-order valence-electron chi connectivity index (χ1n) is 17.9. The average Bonchev–Trinajstić information content (AvgIpc) is 3.51. The van der Waals surface area contributed by atoms with Gasteiger partial charge in [-0.25, -0.2) is 8.78 Å². The van der Waals surface area contributed by atoms with Crippen molar-refractivity contribution < 1.29 is 27.9 Å². The fraction of sp³-hybridized carbons (Fsp3) is 0.595. The molecule has 0 unspecified atom stereocenters. The largest absolute Gasteiger partial charge is 0.469 e. The minimum Gasteiger partial charge on any atom is -0.469 e. The molecule has 1 fully saturated rings. The van der Waals surface area contributed by atoms with Gasteiger partial charge in [0.1, 0.15) is 0 Å². The van der Waals surface area contributed by atoms with Gasteiger partial charge in [0, 0.05) is 99.9 Å². The summed E-state index contributed by atoms with van der Waals surface area (Å²) >= 11 is 0. The van der Waals surface area contributed by atoms with Gasteiger partial charge < -0.3 is 25.2 Å². The number of likely N-dealkylation sites (tertiary alicyclic amines) is 1. The lowest BCUT2D eigenvalue weighted by molar-refractivity contribution is -0.140. The van der Waals surface area contributed by atoms with Crippen molar-refractivity contribution in [1.82, 2.24) is 19.6 Å². The Balaban J connectivity index is 1.33. The molecule has 4 heterocycles. The van der Waals surface area contributed by atoms with Crippen LogP contribution in [0.25, 0.3) is 5.57 Å². The number of aliphatic imine (C=N–C) groups is 1. The number of amides is 2. The van der Waals surface area contributed by atoms with Crippen LogP contribution >= 0.6 is 0 Å². The highest BCUT2D eigenvalue weighted by Crippen LogP contribution is 2.42. The van der Waals surface area contributed by atoms with Crippen LogP contribution in [0.3, 0.4) is 0 Å². The average molecular weight is 696 g/mol. The van der Waals surface area contributed by atoms with Gasteiger partial charge in [0.05, 0.1) is 19.7 Å². The number of piperidine rings is 1. The van der Waals surface area contributed by atoms with Crippen molar-refractivity contribution in [2.75, 3.05) is 45.2 Å². The molecule has 3 aliphatic heterocycles. The molecule has 1 aromatic carbocycles. The molecule has 0 bridgehead atoms. The Morgan fingerprint density at radius 3 is 2.40 bits per heavy atom. The van der Waals surface area contributed by atoms with Gasteiger partial charge in [-0.05, 0) is 61.8 Å². The quantitative estimate of drug-likeness (QED) is 0.158. The minimum absolute atomic E-state index is 0.00951. The standard InChI is InChI=1S/C37H51F2N7O4/c1-25(47)44-19-15-32-31(24-44)37(45-16-9-10-26-20-29(27(22-40)23-41-2)30(36(38)39)21-33(26)45)42-46(32)28-13-17-43(18-14-28)34(48)11-7-5-4-6-8-12-35(49)50-3/h20-23,28,36H,4-19,24,40H2,1-3H3/b27-22+,41-23?. The van der Waals surface area contributed by atoms with Gasteiger partial charge in [-0.1, -0.05) is 19.3 Å². The number of esters is 1. The first-order valence-corrected chi connectivity index (χ1v) is 17.9. The van der Waals surface area contributed by atoms with Crippen molar-refractivity contribution >= 4 is 41.1 Å². The molecule has 3 aliphatic rings. The summed E-state index contributed by atoms with van der Waals surface area (Å²) in [6.07, 6.45) is 9.34. The molecule has 5 rings (SSSR count). The summed E-state index contributed by atoms with van der Waals surface area (Å²) in [6.45, 7) is 4.50. The van der Waals surface area contributed by atoms with E-state index in [1.165, 1.54) is 19.5 Å². The van der Waals surface area contributed by atoms with Gasteiger partial charge in [0.2, 0.25) is 11.8 Å². The van der Waals surface area contributed by atoms with Crippen LogP contribution in [-0.4, -0.2) is 83.9 Å². The SMILES string of the molecule is CN=C/C(=C\N)c1cc2c(cc1C(F)F)N(c1nn(C3CCN(C(=O)CCCCCCCC(=O)OC)CC3)c3c1CN(C(C)=O)CC3)CCC2. The maximum atomic E-state index is 14.5. The number of anilines is 2. The number of allylic oxidation sites excluding steroid dienone is 1. The summed E-state index contributed by atoms with van der Waals surface area (Å²) in [5.41, 5.74) is 10.2. The van der Waals surface area contributed by atoms with Gasteiger partial charge in [0.25, 0.3) is 6.43 Å². The number of alkyl halides is 2. The van der Waals surface area contributed by atoms with Gasteiger partial charge in [-0.15, -0.1) is 0 Å². The Morgan fingerprint density at radius 2 is 1.74 bits per heavy atom. The summed E-state index contributed by atoms with van der Waals surface area (Å²) in [7, 11) is 2.99. The molecule has 1 saturated heterocycles. The lowest BCUT2D eigenvalue weighted by Gasteiger charge is -2.34. The molecule has 2 amide bonds. The molecule has 2 aromatic rings. The van der Waals surface area contributed by atoms with E-state index in [4.69, 9.17) is 10.8 Å². The van der Waals surface area contributed by atoms with Crippen LogP contribution in [0.1, 0.15) is 112 Å². The second kappa shape index (κ2) is 17.1. The predicted molar refractivity (Wildman–Crippen MR) is 190 cm³/mol. The van der Waals surface area contributed by atoms with E-state index in [0.29, 0.717) is 68.8 Å². The smallest absolute Gasteiger partial charge is 0.305 e. The summed E-state index contributed by atoms with van der Waals surface area (Å²) in [5.74, 6) is 0.704. The van der Waals surface area contributed by atoms with Crippen molar-refractivity contribution in [3.05, 3.63) is 46.3 Å². The first-order chi connectivity index (χ1) is 24.2. The second-order valence-corrected chi connectivity index (χ2v) is 13.5. The highest BCUT2D eigenvalue weighted by Gasteiger charge is 2.35. The van der Waals surface area contributed by atoms with Crippen LogP contribution in [0, 0.1) is 0 Å². The number of methoxy groups -OCH3 is 1. The molecule has 0 spiro atoms. The number of aryl methyl sites for hydroxylation is 1. The number of nitrogens with two attached hydrogens (primary N) is 1. The maximum absolute atomic E-state index is 14.5. The van der Waals surface area contributed by atoms with Crippen molar-refractivity contribution in [2.24, 2.45) is 10.7 Å². The molecule has 0 saturated carbocycles. The Kier molecular flexibility index (Phi) is 12.6. The van der Waals surface area contributed by atoms with E-state index in [1.807, 2.05) is 15.9 Å². The molecule has 272 valence electrons. The lowest BCUT2D eigenvalue weighted by Crippen LogP contribution is -2.40. The summed E-state index contributed by atoms with van der Waals surface area (Å²) in [5, 5.41) is 5.21. The van der Waals surface area contributed by atoms with Crippen molar-refractivity contribution in [3.8, 4) is 0 Å². The van der Waals surface area contributed by atoms with Gasteiger partial charge in [-0.2, -0.15) is 5.10 Å². The molecule has 2 N–H and O–H groups in total. The van der Waals surface area contributed by atoms with Crippen LogP contribution in [0.4, 0.5) is 20.3 Å². The number of rotatable bonds is 13. The van der Waals surface area contributed by atoms with E-state index in [9.17, 15) is 23.2 Å². The molecule has 0 aliphatic carbocycles. The van der Waals surface area contributed by atoms with Crippen molar-refractivity contribution in [3.63, 3.8) is 0 Å². The van der Waals surface area contributed by atoms with Crippen molar-refractivity contribution in [2.45, 2.75) is 103 Å². The number of ether oxygens (including phenoxy) is 1. The Bertz CT molecular complexity index is 1600. The van der Waals surface area contributed by atoms with Gasteiger partial charge in [-0.3, -0.25) is 24.1 Å². The zero-order valence-corrected chi connectivity index (χ0v) is 29.6. The third-order valence-corrected chi connectivity index (χ3v) is 10.3. The van der Waals surface area contributed by atoms with E-state index in [0.717, 1.165) is 80.4 Å². The number of carbonyl (C=O) groups excluding carboxylic acids is 3. The molecule has 50 heavy (non-hydrogen) atoms. The number of hydrogen-bond donors (Lipinski definition) is 1. The van der Waals surface area contributed by atoms with E-state index in [-0.39, 0.29) is 29.4 Å². The molecule has 11 nitrogen and oxygen atoms in total. The van der Waals surface area contributed by atoms with E-state index in [2.05, 4.69) is 19.3 Å². The maximum Gasteiger partial charge on any atom is 0.305 e. The monoisotopic (exact) mass is 695 g/mol. The zero-order valence-electron chi connectivity index (χ0n) is 29.6. The molecular weight excluding hydrogens is 644 g/mol. The molecule has 0 atom stereocenters. The molecule has 1 aromatic heterocycles. The Labute approximate surface area is 293 Å². The van der Waals surface area contributed by atoms with Gasteiger partial charge in [0.15, 0.2) is 5.82 Å². The third kappa shape index (κ3) is 8.35. The zero-order chi connectivity index (χ0) is 35.8. The number of unbranched alkanes of at least 4 members (excludes halogenated alkanes) is 4. The van der Waals surface area contributed by atoms with Crippen LogP contribution in [0.15, 0.2) is 23.3 Å². The first kappa shape index (κ1) is 37.0. The summed E-state index contributed by atoms with van der Waals surface area (Å²) in [6, 6.07) is 3.48. The van der Waals surface area contributed by atoms with Crippen LogP contribution in [-0.2, 0) is 38.5 Å². The number of nitrogens with zero attached hydrogens (tertiary/aromatic N) is 6. The third-order valence-electron chi connectivity index (χ3n) is 10.3. The number of benzene rings is 1. The summed E-state index contributed by atoms with van der Waals surface area (Å²) in [4.78, 5) is 46.7. The van der Waals surface area contributed by atoms with Crippen LogP contribution in [0.2, 0.25) is 0 Å². The molecule has 0 radical (unpaired) electrons. The van der Waals surface area contributed by atoms with E-state index in [1.54, 1.807) is 20.0 Å². The minimum atomic E-state index is -2.72. The lowest BCUT2D eigenvalue weighted by atomic mass is 9.92. The molecular formula is C37H51F2N7O4. The van der Waals surface area contributed by atoms with E-state index < -0.39 is 6.43 Å². The van der Waals surface area contributed by atoms with Crippen molar-refractivity contribution in [1.29, 1.82) is 0 Å². The fourth-order valence-corrected chi connectivity index (χ4v) is 7.55. The highest BCUT2D eigenvalue weighted by atomic mass is 19.3. The number of hydrogen-bond acceptors (Lipinski definition) is 8.